The molecule has 1 atom stereocenters. The molecule has 0 aromatic heterocycles. The standard InChI is InChI=1S/C15H18Cl3NO/c1-9-5-6-12-11(7-9)10(2)8-14(3,4)19(12)13(20)15(16,17)18/h5-8,13,20H,1-4H3/t13-/m1/s1. The maximum Gasteiger partial charge on any atom is 0.234 e. The molecule has 0 saturated carbocycles. The molecule has 2 nitrogen and oxygen atoms in total. The first-order valence-corrected chi connectivity index (χ1v) is 7.52. The van der Waals surface area contributed by atoms with Crippen LogP contribution in [0.1, 0.15) is 31.9 Å². The third-order valence-electron chi connectivity index (χ3n) is 3.56. The molecule has 1 aromatic rings. The molecule has 5 heteroatoms. The third-order valence-corrected chi connectivity index (χ3v) is 4.15. The molecule has 0 radical (unpaired) electrons. The summed E-state index contributed by atoms with van der Waals surface area (Å²) in [7, 11) is 0. The zero-order chi connectivity index (χ0) is 15.3. The highest BCUT2D eigenvalue weighted by Crippen LogP contribution is 2.44. The zero-order valence-corrected chi connectivity index (χ0v) is 14.2. The summed E-state index contributed by atoms with van der Waals surface area (Å²) >= 11 is 17.7. The Kier molecular flexibility index (Phi) is 4.07. The molecule has 0 saturated heterocycles. The highest BCUT2D eigenvalue weighted by molar-refractivity contribution is 6.68. The number of benzene rings is 1. The Morgan fingerprint density at radius 3 is 2.35 bits per heavy atom. The van der Waals surface area contributed by atoms with Gasteiger partial charge < -0.3 is 10.0 Å². The number of aliphatic hydroxyl groups excluding tert-OH is 1. The van der Waals surface area contributed by atoms with Crippen LogP contribution in [0.15, 0.2) is 24.3 Å². The van der Waals surface area contributed by atoms with E-state index in [2.05, 4.69) is 19.1 Å². The van der Waals surface area contributed by atoms with E-state index in [4.69, 9.17) is 34.8 Å². The van der Waals surface area contributed by atoms with Gasteiger partial charge in [0.15, 0.2) is 6.23 Å². The molecular weight excluding hydrogens is 317 g/mol. The van der Waals surface area contributed by atoms with Crippen LogP contribution in [0, 0.1) is 6.92 Å². The predicted octanol–water partition coefficient (Wildman–Crippen LogP) is 4.69. The second-order valence-electron chi connectivity index (χ2n) is 5.79. The second-order valence-corrected chi connectivity index (χ2v) is 8.16. The van der Waals surface area contributed by atoms with E-state index in [1.807, 2.05) is 32.9 Å². The molecule has 110 valence electrons. The van der Waals surface area contributed by atoms with Crippen molar-refractivity contribution in [3.63, 3.8) is 0 Å². The molecular formula is C15H18Cl3NO. The highest BCUT2D eigenvalue weighted by atomic mass is 35.6. The molecule has 0 amide bonds. The largest absolute Gasteiger partial charge is 0.369 e. The van der Waals surface area contributed by atoms with Gasteiger partial charge in [0, 0.05) is 11.3 Å². The topological polar surface area (TPSA) is 23.5 Å². The number of allylic oxidation sites excluding steroid dienone is 1. The van der Waals surface area contributed by atoms with Crippen LogP contribution in [0.5, 0.6) is 0 Å². The normalized spacial score (nSPS) is 19.4. The lowest BCUT2D eigenvalue weighted by Crippen LogP contribution is -2.55. The zero-order valence-electron chi connectivity index (χ0n) is 11.9. The van der Waals surface area contributed by atoms with Gasteiger partial charge in [0.1, 0.15) is 0 Å². The Morgan fingerprint density at radius 1 is 1.20 bits per heavy atom. The van der Waals surface area contributed by atoms with E-state index in [0.717, 1.165) is 22.4 Å². The van der Waals surface area contributed by atoms with E-state index in [9.17, 15) is 5.11 Å². The molecule has 1 aromatic carbocycles. The number of anilines is 1. The molecule has 0 aliphatic carbocycles. The molecule has 0 spiro atoms. The van der Waals surface area contributed by atoms with Crippen molar-refractivity contribution >= 4 is 46.1 Å². The maximum atomic E-state index is 10.4. The first-order valence-electron chi connectivity index (χ1n) is 6.38. The average molecular weight is 335 g/mol. The summed E-state index contributed by atoms with van der Waals surface area (Å²) in [6.07, 6.45) is 0.849. The van der Waals surface area contributed by atoms with E-state index in [-0.39, 0.29) is 0 Å². The minimum Gasteiger partial charge on any atom is -0.369 e. The molecule has 1 heterocycles. The Balaban J connectivity index is 2.63. The molecule has 20 heavy (non-hydrogen) atoms. The lowest BCUT2D eigenvalue weighted by molar-refractivity contribution is 0.154. The van der Waals surface area contributed by atoms with Crippen molar-refractivity contribution in [2.75, 3.05) is 4.90 Å². The average Bonchev–Trinajstić information content (AvgIpc) is 2.27. The van der Waals surface area contributed by atoms with Gasteiger partial charge in [-0.15, -0.1) is 0 Å². The molecule has 0 bridgehead atoms. The Hall–Kier alpha value is -0.410. The monoisotopic (exact) mass is 333 g/mol. The summed E-state index contributed by atoms with van der Waals surface area (Å²) in [5, 5.41) is 10.4. The van der Waals surface area contributed by atoms with Crippen molar-refractivity contribution in [2.45, 2.75) is 43.3 Å². The minimum absolute atomic E-state index is 0.449. The van der Waals surface area contributed by atoms with Gasteiger partial charge in [0.2, 0.25) is 3.79 Å². The molecule has 0 fully saturated rings. The first-order chi connectivity index (χ1) is 9.04. The first kappa shape index (κ1) is 16.0. The van der Waals surface area contributed by atoms with Crippen LogP contribution in [0.2, 0.25) is 0 Å². The maximum absolute atomic E-state index is 10.4. The van der Waals surface area contributed by atoms with Gasteiger partial charge in [-0.3, -0.25) is 0 Å². The fourth-order valence-electron chi connectivity index (χ4n) is 2.76. The molecule has 1 aliphatic heterocycles. The number of hydrogen-bond acceptors (Lipinski definition) is 2. The smallest absolute Gasteiger partial charge is 0.234 e. The van der Waals surface area contributed by atoms with Gasteiger partial charge in [0.05, 0.1) is 5.54 Å². The summed E-state index contributed by atoms with van der Waals surface area (Å²) in [5.41, 5.74) is 3.79. The number of fused-ring (bicyclic) bond motifs is 1. The van der Waals surface area contributed by atoms with E-state index < -0.39 is 15.6 Å². The van der Waals surface area contributed by atoms with Crippen LogP contribution in [-0.2, 0) is 0 Å². The van der Waals surface area contributed by atoms with Crippen molar-refractivity contribution in [3.8, 4) is 0 Å². The Labute approximate surface area is 134 Å². The number of alkyl halides is 3. The summed E-state index contributed by atoms with van der Waals surface area (Å²) < 4.78 is -1.78. The number of rotatable bonds is 1. The van der Waals surface area contributed by atoms with Gasteiger partial charge in [-0.2, -0.15) is 0 Å². The van der Waals surface area contributed by atoms with Crippen molar-refractivity contribution in [1.29, 1.82) is 0 Å². The van der Waals surface area contributed by atoms with E-state index in [1.54, 1.807) is 4.90 Å². The van der Waals surface area contributed by atoms with Gasteiger partial charge in [-0.05, 0) is 45.4 Å². The van der Waals surface area contributed by atoms with E-state index in [0.29, 0.717) is 0 Å². The van der Waals surface area contributed by atoms with Gasteiger partial charge in [-0.25, -0.2) is 0 Å². The summed E-state index contributed by atoms with van der Waals surface area (Å²) in [4.78, 5) is 1.75. The fraction of sp³-hybridized carbons (Fsp3) is 0.467. The van der Waals surface area contributed by atoms with Crippen LogP contribution in [-0.4, -0.2) is 20.7 Å². The van der Waals surface area contributed by atoms with E-state index in [1.165, 1.54) is 0 Å². The highest BCUT2D eigenvalue weighted by Gasteiger charge is 2.44. The number of aliphatic hydroxyl groups is 1. The number of halogens is 3. The van der Waals surface area contributed by atoms with Crippen molar-refractivity contribution < 1.29 is 5.11 Å². The summed E-state index contributed by atoms with van der Waals surface area (Å²) in [6, 6.07) is 6.03. The fourth-order valence-corrected chi connectivity index (χ4v) is 3.05. The Morgan fingerprint density at radius 2 is 1.80 bits per heavy atom. The lowest BCUT2D eigenvalue weighted by Gasteiger charge is -2.47. The molecule has 1 aliphatic rings. The molecule has 2 rings (SSSR count). The van der Waals surface area contributed by atoms with Crippen LogP contribution < -0.4 is 4.90 Å². The van der Waals surface area contributed by atoms with Crippen molar-refractivity contribution in [3.05, 3.63) is 35.4 Å². The number of aryl methyl sites for hydroxylation is 1. The third kappa shape index (κ3) is 2.80. The van der Waals surface area contributed by atoms with Crippen LogP contribution in [0.3, 0.4) is 0 Å². The lowest BCUT2D eigenvalue weighted by atomic mass is 9.88. The van der Waals surface area contributed by atoms with Crippen molar-refractivity contribution in [2.24, 2.45) is 0 Å². The molecule has 0 unspecified atom stereocenters. The summed E-state index contributed by atoms with van der Waals surface area (Å²) in [6.45, 7) is 8.06. The SMILES string of the molecule is CC1=CC(C)(C)N([C@H](O)C(Cl)(Cl)Cl)c2ccc(C)cc21. The Bertz CT molecular complexity index is 561. The quantitative estimate of drug-likeness (QED) is 0.753. The number of hydrogen-bond donors (Lipinski definition) is 1. The second kappa shape index (κ2) is 5.10. The van der Waals surface area contributed by atoms with E-state index >= 15 is 0 Å². The van der Waals surface area contributed by atoms with Crippen LogP contribution >= 0.6 is 34.8 Å². The van der Waals surface area contributed by atoms with Crippen molar-refractivity contribution in [1.82, 2.24) is 0 Å². The minimum atomic E-state index is -1.78. The van der Waals surface area contributed by atoms with Gasteiger partial charge in [-0.1, -0.05) is 52.5 Å². The number of nitrogens with zero attached hydrogens (tertiary/aromatic N) is 1. The van der Waals surface area contributed by atoms with Gasteiger partial charge in [0.25, 0.3) is 0 Å². The molecule has 1 N–H and O–H groups in total. The van der Waals surface area contributed by atoms with Gasteiger partial charge >= 0.3 is 0 Å². The van der Waals surface area contributed by atoms with Crippen LogP contribution in [0.4, 0.5) is 5.69 Å². The summed E-state index contributed by atoms with van der Waals surface area (Å²) in [5.74, 6) is 0. The predicted molar refractivity (Wildman–Crippen MR) is 87.7 cm³/mol. The van der Waals surface area contributed by atoms with Crippen LogP contribution in [0.25, 0.3) is 5.57 Å².